The van der Waals surface area contributed by atoms with E-state index in [9.17, 15) is 4.79 Å². The van der Waals surface area contributed by atoms with Crippen LogP contribution in [-0.2, 0) is 11.3 Å². The fourth-order valence-corrected chi connectivity index (χ4v) is 2.61. The Balaban J connectivity index is 1.81. The highest BCUT2D eigenvalue weighted by Gasteiger charge is 2.18. The van der Waals surface area contributed by atoms with Crippen molar-refractivity contribution in [2.24, 2.45) is 0 Å². The van der Waals surface area contributed by atoms with Gasteiger partial charge in [-0.1, -0.05) is 30.3 Å². The van der Waals surface area contributed by atoms with Gasteiger partial charge in [-0.3, -0.25) is 9.69 Å². The third-order valence-electron chi connectivity index (χ3n) is 3.78. The molecular weight excluding hydrogens is 250 g/mol. The number of carbonyl (C=O) groups is 1. The first-order valence-electron chi connectivity index (χ1n) is 7.48. The standard InChI is InChI=1S/C16H25N3O/c1-17-9-8-16(20)19-11-5-10-18(12-13-19)14-15-6-3-2-4-7-15/h2-4,6-7,17H,5,8-14H2,1H3. The van der Waals surface area contributed by atoms with Crippen molar-refractivity contribution in [1.82, 2.24) is 15.1 Å². The zero-order valence-electron chi connectivity index (χ0n) is 12.3. The van der Waals surface area contributed by atoms with E-state index in [-0.39, 0.29) is 5.91 Å². The number of benzene rings is 1. The molecule has 1 fully saturated rings. The summed E-state index contributed by atoms with van der Waals surface area (Å²) in [5.74, 6) is 0.279. The van der Waals surface area contributed by atoms with Crippen LogP contribution in [0.5, 0.6) is 0 Å². The molecule has 4 nitrogen and oxygen atoms in total. The molecule has 0 aromatic heterocycles. The van der Waals surface area contributed by atoms with E-state index in [2.05, 4.69) is 34.5 Å². The van der Waals surface area contributed by atoms with E-state index in [0.717, 1.165) is 45.7 Å². The van der Waals surface area contributed by atoms with Crippen LogP contribution in [0.15, 0.2) is 30.3 Å². The summed E-state index contributed by atoms with van der Waals surface area (Å²) < 4.78 is 0. The summed E-state index contributed by atoms with van der Waals surface area (Å²) >= 11 is 0. The van der Waals surface area contributed by atoms with Gasteiger partial charge in [0.05, 0.1) is 0 Å². The molecule has 0 radical (unpaired) electrons. The fraction of sp³-hybridized carbons (Fsp3) is 0.562. The first-order chi connectivity index (χ1) is 9.79. The Bertz CT molecular complexity index is 407. The molecule has 1 aromatic rings. The fourth-order valence-electron chi connectivity index (χ4n) is 2.61. The lowest BCUT2D eigenvalue weighted by Gasteiger charge is -2.22. The van der Waals surface area contributed by atoms with Crippen LogP contribution in [-0.4, -0.2) is 55.5 Å². The summed E-state index contributed by atoms with van der Waals surface area (Å²) in [6.07, 6.45) is 1.67. The number of hydrogen-bond donors (Lipinski definition) is 1. The van der Waals surface area contributed by atoms with E-state index < -0.39 is 0 Å². The number of amides is 1. The summed E-state index contributed by atoms with van der Waals surface area (Å²) in [6, 6.07) is 10.6. The van der Waals surface area contributed by atoms with E-state index >= 15 is 0 Å². The molecule has 110 valence electrons. The maximum atomic E-state index is 12.0. The van der Waals surface area contributed by atoms with Crippen molar-refractivity contribution in [2.75, 3.05) is 39.8 Å². The van der Waals surface area contributed by atoms with Crippen LogP contribution in [0, 0.1) is 0 Å². The topological polar surface area (TPSA) is 35.6 Å². The third-order valence-corrected chi connectivity index (χ3v) is 3.78. The molecule has 1 aliphatic rings. The molecule has 0 unspecified atom stereocenters. The van der Waals surface area contributed by atoms with Crippen LogP contribution in [0.2, 0.25) is 0 Å². The SMILES string of the molecule is CNCCC(=O)N1CCCN(Cc2ccccc2)CC1. The van der Waals surface area contributed by atoms with Gasteiger partial charge in [0.25, 0.3) is 0 Å². The van der Waals surface area contributed by atoms with Gasteiger partial charge >= 0.3 is 0 Å². The van der Waals surface area contributed by atoms with Crippen molar-refractivity contribution in [1.29, 1.82) is 0 Å². The first-order valence-corrected chi connectivity index (χ1v) is 7.48. The minimum Gasteiger partial charge on any atom is -0.341 e. The zero-order valence-corrected chi connectivity index (χ0v) is 12.3. The van der Waals surface area contributed by atoms with Gasteiger partial charge in [-0.2, -0.15) is 0 Å². The molecule has 20 heavy (non-hydrogen) atoms. The molecule has 0 saturated carbocycles. The lowest BCUT2D eigenvalue weighted by molar-refractivity contribution is -0.130. The van der Waals surface area contributed by atoms with Crippen LogP contribution in [0.3, 0.4) is 0 Å². The van der Waals surface area contributed by atoms with Crippen LogP contribution in [0.1, 0.15) is 18.4 Å². The number of hydrogen-bond acceptors (Lipinski definition) is 3. The van der Waals surface area contributed by atoms with Gasteiger partial charge in [-0.15, -0.1) is 0 Å². The van der Waals surface area contributed by atoms with Gasteiger partial charge in [0.1, 0.15) is 0 Å². The van der Waals surface area contributed by atoms with Gasteiger partial charge in [0.15, 0.2) is 0 Å². The maximum Gasteiger partial charge on any atom is 0.223 e. The molecule has 1 aromatic carbocycles. The minimum absolute atomic E-state index is 0.279. The number of rotatable bonds is 5. The second kappa shape index (κ2) is 8.02. The summed E-state index contributed by atoms with van der Waals surface area (Å²) in [5, 5.41) is 3.04. The molecule has 0 spiro atoms. The molecule has 2 rings (SSSR count). The maximum absolute atomic E-state index is 12.0. The molecule has 1 saturated heterocycles. The molecule has 0 bridgehead atoms. The molecule has 4 heteroatoms. The molecule has 0 aliphatic carbocycles. The number of nitrogens with zero attached hydrogens (tertiary/aromatic N) is 2. The Hall–Kier alpha value is -1.39. The molecular formula is C16H25N3O. The van der Waals surface area contributed by atoms with Gasteiger partial charge < -0.3 is 10.2 Å². The highest BCUT2D eigenvalue weighted by Crippen LogP contribution is 2.09. The minimum atomic E-state index is 0.279. The Morgan fingerprint density at radius 2 is 1.95 bits per heavy atom. The highest BCUT2D eigenvalue weighted by atomic mass is 16.2. The average molecular weight is 275 g/mol. The van der Waals surface area contributed by atoms with Crippen molar-refractivity contribution in [2.45, 2.75) is 19.4 Å². The van der Waals surface area contributed by atoms with E-state index in [1.807, 2.05) is 18.0 Å². The van der Waals surface area contributed by atoms with E-state index in [4.69, 9.17) is 0 Å². The highest BCUT2D eigenvalue weighted by molar-refractivity contribution is 5.76. The van der Waals surface area contributed by atoms with Gasteiger partial charge in [-0.05, 0) is 19.0 Å². The predicted molar refractivity (Wildman–Crippen MR) is 81.5 cm³/mol. The Labute approximate surface area is 121 Å². The second-order valence-electron chi connectivity index (χ2n) is 5.35. The number of nitrogens with one attached hydrogen (secondary N) is 1. The normalized spacial score (nSPS) is 16.9. The Morgan fingerprint density at radius 1 is 1.15 bits per heavy atom. The van der Waals surface area contributed by atoms with Crippen molar-refractivity contribution >= 4 is 5.91 Å². The van der Waals surface area contributed by atoms with Crippen molar-refractivity contribution < 1.29 is 4.79 Å². The van der Waals surface area contributed by atoms with Crippen LogP contribution in [0.4, 0.5) is 0 Å². The van der Waals surface area contributed by atoms with Crippen molar-refractivity contribution in [3.05, 3.63) is 35.9 Å². The molecule has 1 heterocycles. The van der Waals surface area contributed by atoms with E-state index in [1.165, 1.54) is 5.56 Å². The Morgan fingerprint density at radius 3 is 2.70 bits per heavy atom. The molecule has 1 N–H and O–H groups in total. The largest absolute Gasteiger partial charge is 0.341 e. The van der Waals surface area contributed by atoms with Crippen molar-refractivity contribution in [3.8, 4) is 0 Å². The molecule has 1 amide bonds. The van der Waals surface area contributed by atoms with Crippen LogP contribution >= 0.6 is 0 Å². The molecule has 1 aliphatic heterocycles. The summed E-state index contributed by atoms with van der Waals surface area (Å²) in [4.78, 5) is 16.5. The van der Waals surface area contributed by atoms with E-state index in [1.54, 1.807) is 0 Å². The van der Waals surface area contributed by atoms with Gasteiger partial charge in [-0.25, -0.2) is 0 Å². The van der Waals surface area contributed by atoms with Crippen LogP contribution < -0.4 is 5.32 Å². The van der Waals surface area contributed by atoms with Gasteiger partial charge in [0.2, 0.25) is 5.91 Å². The monoisotopic (exact) mass is 275 g/mol. The molecule has 0 atom stereocenters. The quantitative estimate of drug-likeness (QED) is 0.880. The summed E-state index contributed by atoms with van der Waals surface area (Å²) in [7, 11) is 1.89. The second-order valence-corrected chi connectivity index (χ2v) is 5.35. The smallest absolute Gasteiger partial charge is 0.223 e. The first kappa shape index (κ1) is 15.0. The zero-order chi connectivity index (χ0) is 14.2. The number of carbonyl (C=O) groups excluding carboxylic acids is 1. The average Bonchev–Trinajstić information content (AvgIpc) is 2.71. The van der Waals surface area contributed by atoms with Crippen LogP contribution in [0.25, 0.3) is 0 Å². The predicted octanol–water partition coefficient (Wildman–Crippen LogP) is 1.33. The van der Waals surface area contributed by atoms with Gasteiger partial charge in [0, 0.05) is 45.7 Å². The van der Waals surface area contributed by atoms with Crippen molar-refractivity contribution in [3.63, 3.8) is 0 Å². The summed E-state index contributed by atoms with van der Waals surface area (Å²) in [6.45, 7) is 5.55. The third kappa shape index (κ3) is 4.62. The summed E-state index contributed by atoms with van der Waals surface area (Å²) in [5.41, 5.74) is 1.35. The van der Waals surface area contributed by atoms with E-state index in [0.29, 0.717) is 6.42 Å². The lowest BCUT2D eigenvalue weighted by atomic mass is 10.2. The Kier molecular flexibility index (Phi) is 6.02. The lowest BCUT2D eigenvalue weighted by Crippen LogP contribution is -2.36.